The third-order valence-corrected chi connectivity index (χ3v) is 6.01. The number of nitrogens with one attached hydrogen (secondary N) is 2. The van der Waals surface area contributed by atoms with E-state index in [2.05, 4.69) is 50.5 Å². The average Bonchev–Trinajstić information content (AvgIpc) is 3.27. The van der Waals surface area contributed by atoms with Gasteiger partial charge in [-0.05, 0) is 38.2 Å². The Labute approximate surface area is 208 Å². The van der Waals surface area contributed by atoms with Gasteiger partial charge in [0.1, 0.15) is 17.9 Å². The minimum atomic E-state index is 0. The van der Waals surface area contributed by atoms with Gasteiger partial charge < -0.3 is 19.9 Å². The van der Waals surface area contributed by atoms with Crippen LogP contribution in [0.15, 0.2) is 47.2 Å². The molecule has 0 spiro atoms. The van der Waals surface area contributed by atoms with Crippen molar-refractivity contribution >= 4 is 29.9 Å². The minimum Gasteiger partial charge on any atom is -0.493 e. The molecule has 0 saturated carbocycles. The predicted molar refractivity (Wildman–Crippen MR) is 139 cm³/mol. The molecule has 2 aromatic rings. The molecular formula is C24H35IN6O. The number of aromatic nitrogens is 3. The molecule has 0 bridgehead atoms. The van der Waals surface area contributed by atoms with E-state index in [1.807, 2.05) is 12.1 Å². The quantitative estimate of drug-likeness (QED) is 0.221. The Morgan fingerprint density at radius 2 is 2.19 bits per heavy atom. The van der Waals surface area contributed by atoms with Crippen LogP contribution in [-0.4, -0.2) is 40.4 Å². The van der Waals surface area contributed by atoms with E-state index in [-0.39, 0.29) is 30.0 Å². The Kier molecular flexibility index (Phi) is 9.83. The second kappa shape index (κ2) is 12.8. The number of allylic oxidation sites excluding steroid dienone is 1. The summed E-state index contributed by atoms with van der Waals surface area (Å²) in [5, 5.41) is 15.4. The fourth-order valence-electron chi connectivity index (χ4n) is 4.29. The molecule has 32 heavy (non-hydrogen) atoms. The maximum Gasteiger partial charge on any atom is 0.191 e. The molecule has 0 radical (unpaired) electrons. The topological polar surface area (TPSA) is 76.4 Å². The zero-order valence-corrected chi connectivity index (χ0v) is 21.3. The van der Waals surface area contributed by atoms with Crippen molar-refractivity contribution < 1.29 is 4.74 Å². The lowest BCUT2D eigenvalue weighted by Crippen LogP contribution is -2.42. The molecule has 2 heterocycles. The van der Waals surface area contributed by atoms with E-state index in [0.717, 1.165) is 63.0 Å². The molecule has 1 aliphatic heterocycles. The summed E-state index contributed by atoms with van der Waals surface area (Å²) < 4.78 is 7.92. The first kappa shape index (κ1) is 24.5. The molecule has 1 aromatic heterocycles. The van der Waals surface area contributed by atoms with Crippen LogP contribution in [0.2, 0.25) is 0 Å². The second-order valence-electron chi connectivity index (χ2n) is 8.18. The number of aryl methyl sites for hydroxylation is 1. The average molecular weight is 550 g/mol. The molecule has 1 aliphatic carbocycles. The fourth-order valence-corrected chi connectivity index (χ4v) is 4.29. The number of ether oxygens (including phenoxy) is 1. The Hall–Kier alpha value is -2.10. The van der Waals surface area contributed by atoms with E-state index in [9.17, 15) is 0 Å². The highest BCUT2D eigenvalue weighted by Crippen LogP contribution is 2.31. The van der Waals surface area contributed by atoms with Gasteiger partial charge in [0, 0.05) is 38.0 Å². The van der Waals surface area contributed by atoms with Crippen molar-refractivity contribution in [2.45, 2.75) is 64.5 Å². The maximum atomic E-state index is 5.83. The van der Waals surface area contributed by atoms with Gasteiger partial charge in [0.15, 0.2) is 5.96 Å². The van der Waals surface area contributed by atoms with Gasteiger partial charge in [0.2, 0.25) is 0 Å². The first-order valence-corrected chi connectivity index (χ1v) is 11.6. The van der Waals surface area contributed by atoms with Crippen molar-refractivity contribution in [3.8, 4) is 5.75 Å². The van der Waals surface area contributed by atoms with Gasteiger partial charge in [0.05, 0.1) is 12.6 Å². The van der Waals surface area contributed by atoms with Crippen LogP contribution in [0.3, 0.4) is 0 Å². The van der Waals surface area contributed by atoms with Crippen LogP contribution in [0.25, 0.3) is 0 Å². The summed E-state index contributed by atoms with van der Waals surface area (Å²) in [6, 6.07) is 8.48. The molecule has 174 valence electrons. The zero-order chi connectivity index (χ0) is 21.3. The van der Waals surface area contributed by atoms with Crippen molar-refractivity contribution in [1.29, 1.82) is 0 Å². The van der Waals surface area contributed by atoms with Crippen LogP contribution < -0.4 is 15.4 Å². The maximum absolute atomic E-state index is 5.83. The van der Waals surface area contributed by atoms with Crippen molar-refractivity contribution in [3.05, 3.63) is 53.6 Å². The molecule has 1 unspecified atom stereocenters. The van der Waals surface area contributed by atoms with Crippen LogP contribution in [0.1, 0.15) is 62.9 Å². The number of hydrogen-bond donors (Lipinski definition) is 2. The molecule has 1 aromatic carbocycles. The van der Waals surface area contributed by atoms with E-state index in [0.29, 0.717) is 0 Å². The van der Waals surface area contributed by atoms with Gasteiger partial charge >= 0.3 is 0 Å². The monoisotopic (exact) mass is 550 g/mol. The molecule has 0 amide bonds. The zero-order valence-electron chi connectivity index (χ0n) is 18.9. The van der Waals surface area contributed by atoms with Gasteiger partial charge in [-0.25, -0.2) is 0 Å². The largest absolute Gasteiger partial charge is 0.493 e. The van der Waals surface area contributed by atoms with Crippen LogP contribution in [0, 0.1) is 0 Å². The third kappa shape index (κ3) is 6.70. The molecule has 2 N–H and O–H groups in total. The highest BCUT2D eigenvalue weighted by molar-refractivity contribution is 14.0. The molecule has 0 saturated heterocycles. The standard InChI is InChI=1S/C24H34N6O.HI/c1-2-23-29-27-18-30(23)16-15-26-24(25-14-12-19-8-4-3-5-9-19)28-21-13-17-31-22-11-7-6-10-20(21)22;/h6-8,10-11,18,21H,2-5,9,12-17H2,1H3,(H2,25,26,28);1H. The molecule has 4 rings (SSSR count). The Balaban J connectivity index is 0.00000289. The first-order valence-electron chi connectivity index (χ1n) is 11.6. The Morgan fingerprint density at radius 3 is 3.03 bits per heavy atom. The summed E-state index contributed by atoms with van der Waals surface area (Å²) in [6.45, 7) is 5.20. The lowest BCUT2D eigenvalue weighted by atomic mass is 9.97. The van der Waals surface area contributed by atoms with Gasteiger partial charge in [-0.1, -0.05) is 36.8 Å². The number of benzene rings is 1. The number of halogens is 1. The van der Waals surface area contributed by atoms with Crippen LogP contribution in [0.5, 0.6) is 5.75 Å². The third-order valence-electron chi connectivity index (χ3n) is 6.01. The van der Waals surface area contributed by atoms with E-state index in [4.69, 9.17) is 9.73 Å². The van der Waals surface area contributed by atoms with Crippen LogP contribution in [-0.2, 0) is 13.0 Å². The van der Waals surface area contributed by atoms with Crippen molar-refractivity contribution in [1.82, 2.24) is 25.4 Å². The first-order chi connectivity index (χ1) is 15.3. The summed E-state index contributed by atoms with van der Waals surface area (Å²) in [5.41, 5.74) is 2.76. The summed E-state index contributed by atoms with van der Waals surface area (Å²) in [4.78, 5) is 4.92. The van der Waals surface area contributed by atoms with E-state index < -0.39 is 0 Å². The SMILES string of the molecule is CCc1nncn1CCNC(=NCCC1=CCCCC1)NC1CCOc2ccccc21.I. The van der Waals surface area contributed by atoms with Crippen molar-refractivity contribution in [2.75, 3.05) is 19.7 Å². The highest BCUT2D eigenvalue weighted by atomic mass is 127. The summed E-state index contributed by atoms with van der Waals surface area (Å²) in [6.07, 6.45) is 12.2. The highest BCUT2D eigenvalue weighted by Gasteiger charge is 2.22. The van der Waals surface area contributed by atoms with Crippen LogP contribution >= 0.6 is 24.0 Å². The van der Waals surface area contributed by atoms with E-state index >= 15 is 0 Å². The normalized spacial score (nSPS) is 18.1. The molecular weight excluding hydrogens is 515 g/mol. The molecule has 8 heteroatoms. The number of guanidine groups is 1. The Bertz CT molecular complexity index is 909. The lowest BCUT2D eigenvalue weighted by molar-refractivity contribution is 0.261. The fraction of sp³-hybridized carbons (Fsp3) is 0.542. The molecule has 0 fully saturated rings. The van der Waals surface area contributed by atoms with Crippen molar-refractivity contribution in [2.24, 2.45) is 4.99 Å². The number of hydrogen-bond acceptors (Lipinski definition) is 4. The van der Waals surface area contributed by atoms with Crippen molar-refractivity contribution in [3.63, 3.8) is 0 Å². The minimum absolute atomic E-state index is 0. The molecule has 1 atom stereocenters. The summed E-state index contributed by atoms with van der Waals surface area (Å²) in [7, 11) is 0. The number of rotatable bonds is 8. The number of nitrogens with zero attached hydrogens (tertiary/aromatic N) is 4. The smallest absolute Gasteiger partial charge is 0.191 e. The summed E-state index contributed by atoms with van der Waals surface area (Å²) >= 11 is 0. The molecule has 7 nitrogen and oxygen atoms in total. The van der Waals surface area contributed by atoms with Gasteiger partial charge in [-0.15, -0.1) is 34.2 Å². The van der Waals surface area contributed by atoms with Crippen LogP contribution in [0.4, 0.5) is 0 Å². The summed E-state index contributed by atoms with van der Waals surface area (Å²) in [5.74, 6) is 2.84. The van der Waals surface area contributed by atoms with Gasteiger partial charge in [-0.2, -0.15) is 0 Å². The second-order valence-corrected chi connectivity index (χ2v) is 8.18. The molecule has 2 aliphatic rings. The Morgan fingerprint density at radius 1 is 1.28 bits per heavy atom. The number of aliphatic imine (C=N–C) groups is 1. The predicted octanol–water partition coefficient (Wildman–Crippen LogP) is 4.41. The lowest BCUT2D eigenvalue weighted by Gasteiger charge is -2.28. The van der Waals surface area contributed by atoms with Gasteiger partial charge in [0.25, 0.3) is 0 Å². The van der Waals surface area contributed by atoms with Gasteiger partial charge in [-0.3, -0.25) is 4.99 Å². The number of para-hydroxylation sites is 1. The number of fused-ring (bicyclic) bond motifs is 1. The van der Waals surface area contributed by atoms with E-state index in [1.54, 1.807) is 11.9 Å². The van der Waals surface area contributed by atoms with E-state index in [1.165, 1.54) is 31.2 Å².